The van der Waals surface area contributed by atoms with Crippen LogP contribution in [0, 0.1) is 0 Å². The molecule has 1 unspecified atom stereocenters. The van der Waals surface area contributed by atoms with Crippen molar-refractivity contribution in [3.05, 3.63) is 24.6 Å². The molecule has 5 nitrogen and oxygen atoms in total. The summed E-state index contributed by atoms with van der Waals surface area (Å²) in [6.45, 7) is 3.16. The third-order valence-corrected chi connectivity index (χ3v) is 4.94. The fourth-order valence-electron chi connectivity index (χ4n) is 3.45. The van der Waals surface area contributed by atoms with Crippen molar-refractivity contribution in [2.45, 2.75) is 77.6 Å². The van der Waals surface area contributed by atoms with Crippen molar-refractivity contribution in [1.29, 1.82) is 0 Å². The van der Waals surface area contributed by atoms with Crippen LogP contribution in [-0.2, 0) is 4.79 Å². The fraction of sp³-hybridized carbons (Fsp3) is 0.714. The van der Waals surface area contributed by atoms with Gasteiger partial charge in [-0.05, 0) is 32.1 Å². The number of aliphatic carboxylic acids is 1. The Morgan fingerprint density at radius 3 is 2.38 bits per heavy atom. The van der Waals surface area contributed by atoms with Crippen molar-refractivity contribution in [1.82, 2.24) is 0 Å². The number of aliphatic imine (C=N–C) groups is 1. The Bertz CT molecular complexity index is 486. The van der Waals surface area contributed by atoms with Gasteiger partial charge in [-0.1, -0.05) is 51.2 Å². The molecule has 148 valence electrons. The molecule has 1 rings (SSSR count). The second-order valence-corrected chi connectivity index (χ2v) is 7.19. The van der Waals surface area contributed by atoms with Gasteiger partial charge in [-0.2, -0.15) is 0 Å². The molecule has 1 aliphatic rings. The standard InChI is InChI=1S/C21H37N3O2/c1-2-3-4-5-6-7-8-9-10-11-12-13-14-20-23-16-18-24(20,17-15-22)19-21(25)26/h8-9,16,18H,2-7,10-15,17,19,22H2,1H3/b9-8+. The molecule has 1 atom stereocenters. The monoisotopic (exact) mass is 363 g/mol. The minimum atomic E-state index is -1.06. The smallest absolute Gasteiger partial charge is 0.207 e. The van der Waals surface area contributed by atoms with Crippen LogP contribution in [0.1, 0.15) is 77.6 Å². The van der Waals surface area contributed by atoms with E-state index in [-0.39, 0.29) is 11.0 Å². The number of quaternary nitrogens is 1. The number of unbranched alkanes of at least 4 members (excludes halogenated alkanes) is 8. The van der Waals surface area contributed by atoms with Crippen LogP contribution >= 0.6 is 0 Å². The average molecular weight is 364 g/mol. The van der Waals surface area contributed by atoms with Crippen molar-refractivity contribution in [3.63, 3.8) is 0 Å². The molecular weight excluding hydrogens is 326 g/mol. The van der Waals surface area contributed by atoms with E-state index in [0.717, 1.165) is 31.5 Å². The highest BCUT2D eigenvalue weighted by Crippen LogP contribution is 2.20. The number of hydrogen-bond donors (Lipinski definition) is 1. The van der Waals surface area contributed by atoms with Crippen molar-refractivity contribution >= 4 is 11.8 Å². The summed E-state index contributed by atoms with van der Waals surface area (Å²) >= 11 is 0. The van der Waals surface area contributed by atoms with Gasteiger partial charge in [-0.3, -0.25) is 0 Å². The van der Waals surface area contributed by atoms with E-state index in [4.69, 9.17) is 5.73 Å². The topological polar surface area (TPSA) is 78.5 Å². The van der Waals surface area contributed by atoms with Gasteiger partial charge < -0.3 is 15.6 Å². The second-order valence-electron chi connectivity index (χ2n) is 7.19. The van der Waals surface area contributed by atoms with E-state index >= 15 is 0 Å². The van der Waals surface area contributed by atoms with E-state index < -0.39 is 5.97 Å². The van der Waals surface area contributed by atoms with E-state index in [2.05, 4.69) is 24.1 Å². The quantitative estimate of drug-likeness (QED) is 0.260. The van der Waals surface area contributed by atoms with Gasteiger partial charge in [-0.25, -0.2) is 9.48 Å². The highest BCUT2D eigenvalue weighted by molar-refractivity contribution is 5.80. The Morgan fingerprint density at radius 1 is 1.12 bits per heavy atom. The lowest BCUT2D eigenvalue weighted by Crippen LogP contribution is -2.55. The van der Waals surface area contributed by atoms with Gasteiger partial charge in [-0.15, -0.1) is 0 Å². The molecule has 1 heterocycles. The summed E-state index contributed by atoms with van der Waals surface area (Å²) < 4.78 is 0.233. The predicted molar refractivity (Wildman–Crippen MR) is 106 cm³/mol. The number of carboxylic acids is 1. The number of carbonyl (C=O) groups is 1. The molecule has 0 saturated heterocycles. The molecular formula is C21H37N3O2. The maximum absolute atomic E-state index is 11.1. The fourth-order valence-corrected chi connectivity index (χ4v) is 3.45. The van der Waals surface area contributed by atoms with E-state index in [0.29, 0.717) is 13.1 Å². The molecule has 0 aromatic rings. The van der Waals surface area contributed by atoms with Crippen LogP contribution in [0.4, 0.5) is 0 Å². The zero-order valence-corrected chi connectivity index (χ0v) is 16.5. The van der Waals surface area contributed by atoms with Crippen molar-refractivity contribution < 1.29 is 14.4 Å². The maximum Gasteiger partial charge on any atom is 0.207 e. The van der Waals surface area contributed by atoms with Crippen LogP contribution in [-0.4, -0.2) is 35.9 Å². The number of nitrogens with zero attached hydrogens (tertiary/aromatic N) is 2. The minimum Gasteiger partial charge on any atom is -0.544 e. The first-order valence-corrected chi connectivity index (χ1v) is 10.3. The Kier molecular flexibility index (Phi) is 11.9. The summed E-state index contributed by atoms with van der Waals surface area (Å²) in [7, 11) is 0. The molecule has 0 bridgehead atoms. The van der Waals surface area contributed by atoms with Gasteiger partial charge in [0, 0.05) is 13.0 Å². The molecule has 0 fully saturated rings. The van der Waals surface area contributed by atoms with Crippen LogP contribution in [0.15, 0.2) is 29.5 Å². The molecule has 5 heteroatoms. The summed E-state index contributed by atoms with van der Waals surface area (Å²) in [4.78, 5) is 15.5. The summed E-state index contributed by atoms with van der Waals surface area (Å²) in [6, 6.07) is 0. The predicted octanol–water partition coefficient (Wildman–Crippen LogP) is 3.26. The number of carboxylic acid groups (broad SMARTS) is 1. The Hall–Kier alpha value is -1.46. The average Bonchev–Trinajstić information content (AvgIpc) is 2.97. The normalized spacial score (nSPS) is 19.4. The first-order valence-electron chi connectivity index (χ1n) is 10.3. The number of allylic oxidation sites excluding steroid dienone is 2. The SMILES string of the molecule is CCCCCCC/C=C/CCCCCC1=NC=C[N+]1(CCN)CC(=O)[O-]. The number of rotatable bonds is 16. The largest absolute Gasteiger partial charge is 0.544 e. The Morgan fingerprint density at radius 2 is 1.77 bits per heavy atom. The van der Waals surface area contributed by atoms with E-state index in [1.54, 1.807) is 6.20 Å². The van der Waals surface area contributed by atoms with Crippen LogP contribution < -0.4 is 10.8 Å². The zero-order chi connectivity index (χ0) is 19.1. The minimum absolute atomic E-state index is 0.0759. The zero-order valence-electron chi connectivity index (χ0n) is 16.5. The number of nitrogens with two attached hydrogens (primary N) is 1. The number of hydrogen-bond acceptors (Lipinski definition) is 4. The third kappa shape index (κ3) is 8.77. The van der Waals surface area contributed by atoms with E-state index in [1.165, 1.54) is 44.9 Å². The lowest BCUT2D eigenvalue weighted by atomic mass is 10.1. The van der Waals surface area contributed by atoms with Crippen LogP contribution in [0.3, 0.4) is 0 Å². The van der Waals surface area contributed by atoms with Crippen LogP contribution in [0.2, 0.25) is 0 Å². The highest BCUT2D eigenvalue weighted by Gasteiger charge is 2.34. The summed E-state index contributed by atoms with van der Waals surface area (Å²) in [5, 5.41) is 11.1. The molecule has 0 aromatic carbocycles. The molecule has 2 N–H and O–H groups in total. The van der Waals surface area contributed by atoms with E-state index in [1.807, 2.05) is 6.20 Å². The first kappa shape index (κ1) is 22.6. The summed E-state index contributed by atoms with van der Waals surface area (Å²) in [6.07, 6.45) is 21.3. The van der Waals surface area contributed by atoms with E-state index in [9.17, 15) is 9.90 Å². The molecule has 0 saturated carbocycles. The van der Waals surface area contributed by atoms with Gasteiger partial charge >= 0.3 is 0 Å². The van der Waals surface area contributed by atoms with Crippen LogP contribution in [0.5, 0.6) is 0 Å². The van der Waals surface area contributed by atoms with Gasteiger partial charge in [0.2, 0.25) is 5.84 Å². The summed E-state index contributed by atoms with van der Waals surface area (Å²) in [5.74, 6) is -0.153. The van der Waals surface area contributed by atoms with Crippen LogP contribution in [0.25, 0.3) is 0 Å². The number of carbonyl (C=O) groups excluding carboxylic acids is 1. The molecule has 26 heavy (non-hydrogen) atoms. The molecule has 0 amide bonds. The molecule has 1 aliphatic heterocycles. The third-order valence-electron chi connectivity index (χ3n) is 4.94. The lowest BCUT2D eigenvalue weighted by Gasteiger charge is -2.32. The van der Waals surface area contributed by atoms with Crippen molar-refractivity contribution in [2.75, 3.05) is 19.6 Å². The van der Waals surface area contributed by atoms with Gasteiger partial charge in [0.1, 0.15) is 19.3 Å². The molecule has 0 aromatic heterocycles. The molecule has 0 aliphatic carbocycles. The lowest BCUT2D eigenvalue weighted by molar-refractivity contribution is -0.780. The maximum atomic E-state index is 11.1. The van der Waals surface area contributed by atoms with Crippen molar-refractivity contribution in [3.8, 4) is 0 Å². The Balaban J connectivity index is 2.16. The first-order chi connectivity index (χ1) is 12.6. The highest BCUT2D eigenvalue weighted by atomic mass is 16.4. The number of amidine groups is 1. The van der Waals surface area contributed by atoms with Crippen molar-refractivity contribution in [2.24, 2.45) is 10.7 Å². The van der Waals surface area contributed by atoms with Gasteiger partial charge in [0.05, 0.1) is 12.2 Å². The second kappa shape index (κ2) is 13.7. The molecule has 0 radical (unpaired) electrons. The van der Waals surface area contributed by atoms with Gasteiger partial charge in [0.15, 0.2) is 0 Å². The molecule has 0 spiro atoms. The van der Waals surface area contributed by atoms with Gasteiger partial charge in [0.25, 0.3) is 0 Å². The Labute approximate surface area is 159 Å². The summed E-state index contributed by atoms with van der Waals surface area (Å²) in [5.41, 5.74) is 5.67.